The molecule has 0 saturated heterocycles. The first-order chi connectivity index (χ1) is 8.75. The Morgan fingerprint density at radius 3 is 2.53 bits per heavy atom. The van der Waals surface area contributed by atoms with Crippen molar-refractivity contribution in [2.45, 2.75) is 56.3 Å². The van der Waals surface area contributed by atoms with E-state index in [9.17, 15) is 5.11 Å². The van der Waals surface area contributed by atoms with E-state index in [0.29, 0.717) is 5.25 Å². The Morgan fingerprint density at radius 2 is 2.00 bits per heavy atom. The predicted octanol–water partition coefficient (Wildman–Crippen LogP) is 4.04. The number of thioether (sulfide) groups is 1. The van der Waals surface area contributed by atoms with Gasteiger partial charge in [-0.2, -0.15) is 0 Å². The lowest BCUT2D eigenvalue weighted by Crippen LogP contribution is -2.51. The second-order valence-corrected chi connectivity index (χ2v) is 7.76. The van der Waals surface area contributed by atoms with Crippen molar-refractivity contribution in [2.24, 2.45) is 5.41 Å². The molecule has 1 fully saturated rings. The van der Waals surface area contributed by atoms with Gasteiger partial charge in [0.1, 0.15) is 5.75 Å². The van der Waals surface area contributed by atoms with Gasteiger partial charge >= 0.3 is 0 Å². The minimum absolute atomic E-state index is 0.0434. The van der Waals surface area contributed by atoms with Crippen molar-refractivity contribution in [3.05, 3.63) is 23.8 Å². The van der Waals surface area contributed by atoms with Gasteiger partial charge in [0, 0.05) is 10.1 Å². The zero-order valence-electron chi connectivity index (χ0n) is 12.5. The summed E-state index contributed by atoms with van der Waals surface area (Å²) in [5.41, 5.74) is 0.704. The van der Waals surface area contributed by atoms with Gasteiger partial charge in [-0.15, -0.1) is 11.8 Å². The fraction of sp³-hybridized carbons (Fsp3) is 0.625. The molecule has 1 aromatic rings. The van der Waals surface area contributed by atoms with Crippen LogP contribution in [0.25, 0.3) is 0 Å². The van der Waals surface area contributed by atoms with E-state index in [0.717, 1.165) is 18.6 Å². The zero-order valence-corrected chi connectivity index (χ0v) is 13.3. The molecule has 2 nitrogen and oxygen atoms in total. The second kappa shape index (κ2) is 5.02. The summed E-state index contributed by atoms with van der Waals surface area (Å²) in [6.07, 6.45) is 2.11. The topological polar surface area (TPSA) is 29.5 Å². The Morgan fingerprint density at radius 1 is 1.37 bits per heavy atom. The van der Waals surface area contributed by atoms with Crippen molar-refractivity contribution in [2.75, 3.05) is 7.11 Å². The van der Waals surface area contributed by atoms with Gasteiger partial charge in [-0.3, -0.25) is 0 Å². The molecule has 1 N–H and O–H groups in total. The van der Waals surface area contributed by atoms with Gasteiger partial charge in [0.2, 0.25) is 0 Å². The summed E-state index contributed by atoms with van der Waals surface area (Å²) in [6.45, 7) is 8.12. The third-order valence-electron chi connectivity index (χ3n) is 4.45. The molecular weight excluding hydrogens is 256 g/mol. The van der Waals surface area contributed by atoms with Crippen LogP contribution in [0.1, 0.15) is 39.2 Å². The Hall–Kier alpha value is -0.670. The third-order valence-corrected chi connectivity index (χ3v) is 5.69. The second-order valence-electron chi connectivity index (χ2n) is 6.42. The molecule has 0 atom stereocenters. The van der Waals surface area contributed by atoms with Crippen molar-refractivity contribution < 1.29 is 9.84 Å². The van der Waals surface area contributed by atoms with E-state index in [1.54, 1.807) is 7.11 Å². The SMILES string of the molecule is COc1ccc(C)cc1SC1CC(C)(C(C)(C)O)C1. The molecule has 0 bridgehead atoms. The molecular formula is C16H24O2S. The van der Waals surface area contributed by atoms with Gasteiger partial charge in [-0.25, -0.2) is 0 Å². The molecule has 0 unspecified atom stereocenters. The molecule has 0 heterocycles. The van der Waals surface area contributed by atoms with E-state index in [-0.39, 0.29) is 5.41 Å². The number of benzene rings is 1. The number of hydrogen-bond donors (Lipinski definition) is 1. The maximum atomic E-state index is 10.2. The number of rotatable bonds is 4. The highest BCUT2D eigenvalue weighted by Gasteiger charge is 2.50. The van der Waals surface area contributed by atoms with Gasteiger partial charge in [0.25, 0.3) is 0 Å². The summed E-state index contributed by atoms with van der Waals surface area (Å²) in [5, 5.41) is 10.8. The fourth-order valence-corrected chi connectivity index (χ4v) is 4.37. The van der Waals surface area contributed by atoms with Crippen LogP contribution in [0.5, 0.6) is 5.75 Å². The van der Waals surface area contributed by atoms with Crippen LogP contribution in [0.4, 0.5) is 0 Å². The van der Waals surface area contributed by atoms with Crippen molar-refractivity contribution in [1.82, 2.24) is 0 Å². The zero-order chi connectivity index (χ0) is 14.3. The molecule has 1 aliphatic rings. The van der Waals surface area contributed by atoms with E-state index >= 15 is 0 Å². The summed E-state index contributed by atoms with van der Waals surface area (Å²) in [5.74, 6) is 0.951. The molecule has 19 heavy (non-hydrogen) atoms. The van der Waals surface area contributed by atoms with Crippen molar-refractivity contribution in [1.29, 1.82) is 0 Å². The van der Waals surface area contributed by atoms with Crippen molar-refractivity contribution >= 4 is 11.8 Å². The van der Waals surface area contributed by atoms with Crippen LogP contribution in [0.2, 0.25) is 0 Å². The highest BCUT2D eigenvalue weighted by atomic mass is 32.2. The number of ether oxygens (including phenoxy) is 1. The molecule has 0 spiro atoms. The normalized spacial score (nSPS) is 26.9. The first-order valence-corrected chi connectivity index (χ1v) is 7.67. The molecule has 0 amide bonds. The average Bonchev–Trinajstić information content (AvgIpc) is 2.25. The van der Waals surface area contributed by atoms with Gasteiger partial charge in [0.15, 0.2) is 0 Å². The van der Waals surface area contributed by atoms with Crippen molar-refractivity contribution in [3.63, 3.8) is 0 Å². The monoisotopic (exact) mass is 280 g/mol. The standard InChI is InChI=1S/C16H24O2S/c1-11-6-7-13(18-5)14(8-11)19-12-9-16(4,10-12)15(2,3)17/h6-8,12,17H,9-10H2,1-5H3. The quantitative estimate of drug-likeness (QED) is 0.902. The lowest BCUT2D eigenvalue weighted by Gasteiger charge is -2.52. The lowest BCUT2D eigenvalue weighted by molar-refractivity contribution is -0.0870. The Balaban J connectivity index is 2.04. The lowest BCUT2D eigenvalue weighted by atomic mass is 9.61. The summed E-state index contributed by atoms with van der Waals surface area (Å²) >= 11 is 1.88. The molecule has 0 radical (unpaired) electrons. The molecule has 1 aromatic carbocycles. The van der Waals surface area contributed by atoms with E-state index in [1.807, 2.05) is 31.7 Å². The molecule has 0 aliphatic heterocycles. The third kappa shape index (κ3) is 2.92. The summed E-state index contributed by atoms with van der Waals surface area (Å²) < 4.78 is 5.42. The Bertz CT molecular complexity index is 456. The van der Waals surface area contributed by atoms with Crippen LogP contribution in [0.15, 0.2) is 23.1 Å². The van der Waals surface area contributed by atoms with Gasteiger partial charge in [-0.05, 0) is 56.7 Å². The highest BCUT2D eigenvalue weighted by molar-refractivity contribution is 8.00. The highest BCUT2D eigenvalue weighted by Crippen LogP contribution is 2.55. The minimum atomic E-state index is -0.596. The van der Waals surface area contributed by atoms with Gasteiger partial charge in [-0.1, -0.05) is 13.0 Å². The van der Waals surface area contributed by atoms with Gasteiger partial charge < -0.3 is 9.84 Å². The fourth-order valence-electron chi connectivity index (χ4n) is 2.58. The largest absolute Gasteiger partial charge is 0.496 e. The summed E-state index contributed by atoms with van der Waals surface area (Å²) in [6, 6.07) is 6.29. The average molecular weight is 280 g/mol. The number of aryl methyl sites for hydroxylation is 1. The maximum Gasteiger partial charge on any atom is 0.132 e. The van der Waals surface area contributed by atoms with Crippen molar-refractivity contribution in [3.8, 4) is 5.75 Å². The number of aliphatic hydroxyl groups is 1. The smallest absolute Gasteiger partial charge is 0.132 e. The van der Waals surface area contributed by atoms with E-state index in [1.165, 1.54) is 10.5 Å². The van der Waals surface area contributed by atoms with E-state index in [4.69, 9.17) is 4.74 Å². The molecule has 106 valence electrons. The molecule has 3 heteroatoms. The van der Waals surface area contributed by atoms with E-state index < -0.39 is 5.60 Å². The number of methoxy groups -OCH3 is 1. The number of hydrogen-bond acceptors (Lipinski definition) is 3. The summed E-state index contributed by atoms with van der Waals surface area (Å²) in [7, 11) is 1.72. The molecule has 1 aliphatic carbocycles. The minimum Gasteiger partial charge on any atom is -0.496 e. The molecule has 2 rings (SSSR count). The summed E-state index contributed by atoms with van der Waals surface area (Å²) in [4.78, 5) is 1.21. The van der Waals surface area contributed by atoms with Crippen LogP contribution < -0.4 is 4.74 Å². The first-order valence-electron chi connectivity index (χ1n) is 6.79. The predicted molar refractivity (Wildman–Crippen MR) is 81.0 cm³/mol. The van der Waals surface area contributed by atoms with Gasteiger partial charge in [0.05, 0.1) is 12.7 Å². The Kier molecular flexibility index (Phi) is 3.90. The van der Waals surface area contributed by atoms with E-state index in [2.05, 4.69) is 26.0 Å². The molecule has 0 aromatic heterocycles. The maximum absolute atomic E-state index is 10.2. The van der Waals surface area contributed by atoms with Crippen LogP contribution in [0, 0.1) is 12.3 Å². The molecule has 1 saturated carbocycles. The van der Waals surface area contributed by atoms with Crippen LogP contribution in [-0.2, 0) is 0 Å². The van der Waals surface area contributed by atoms with Crippen LogP contribution in [0.3, 0.4) is 0 Å². The van der Waals surface area contributed by atoms with Crippen LogP contribution >= 0.6 is 11.8 Å². The Labute approximate surface area is 120 Å². The van der Waals surface area contributed by atoms with Crippen LogP contribution in [-0.4, -0.2) is 23.1 Å². The first kappa shape index (κ1) is 14.7.